The highest BCUT2D eigenvalue weighted by Crippen LogP contribution is 2.20. The molecule has 1 aliphatic heterocycles. The molecule has 1 aromatic carbocycles. The summed E-state index contributed by atoms with van der Waals surface area (Å²) in [5.41, 5.74) is 0.902. The predicted molar refractivity (Wildman–Crippen MR) is 90.7 cm³/mol. The molecule has 134 valence electrons. The van der Waals surface area contributed by atoms with E-state index in [9.17, 15) is 9.18 Å². The first-order valence-corrected chi connectivity index (χ1v) is 8.56. The summed E-state index contributed by atoms with van der Waals surface area (Å²) in [6.07, 6.45) is 4.87. The van der Waals surface area contributed by atoms with Crippen LogP contribution in [0.4, 0.5) is 4.39 Å². The van der Waals surface area contributed by atoms with Gasteiger partial charge in [-0.2, -0.15) is 4.98 Å². The second kappa shape index (κ2) is 6.70. The van der Waals surface area contributed by atoms with E-state index in [1.807, 2.05) is 4.57 Å². The predicted octanol–water partition coefficient (Wildman–Crippen LogP) is 2.90. The van der Waals surface area contributed by atoms with Crippen LogP contribution in [0.5, 0.6) is 0 Å². The third-order valence-electron chi connectivity index (χ3n) is 4.38. The molecule has 0 radical (unpaired) electrons. The second-order valence-corrected chi connectivity index (χ2v) is 6.35. The van der Waals surface area contributed by atoms with Gasteiger partial charge in [-0.05, 0) is 31.9 Å². The van der Waals surface area contributed by atoms with Crippen LogP contribution in [0.2, 0.25) is 0 Å². The molecule has 0 spiro atoms. The Bertz CT molecular complexity index is 925. The Morgan fingerprint density at radius 2 is 2.23 bits per heavy atom. The lowest BCUT2D eigenvalue weighted by Gasteiger charge is -2.11. The topological polar surface area (TPSA) is 85.8 Å². The minimum absolute atomic E-state index is 0.251. The van der Waals surface area contributed by atoms with Gasteiger partial charge in [0.15, 0.2) is 0 Å². The van der Waals surface area contributed by atoms with Gasteiger partial charge in [0.2, 0.25) is 11.7 Å². The molecule has 2 aromatic heterocycles. The standard InChI is InChI=1S/C18H18FN5O2/c1-11(18-22-16(23-26-18)12-5-4-6-13(19)9-12)20-17(25)14-10-24-8-3-2-7-15(24)21-14/h4-6,9-11H,2-3,7-8H2,1H3,(H,20,25). The van der Waals surface area contributed by atoms with Crippen molar-refractivity contribution in [3.63, 3.8) is 0 Å². The third-order valence-corrected chi connectivity index (χ3v) is 4.38. The molecule has 0 saturated carbocycles. The van der Waals surface area contributed by atoms with Crippen LogP contribution in [0.1, 0.15) is 48.0 Å². The molecule has 1 atom stereocenters. The zero-order valence-electron chi connectivity index (χ0n) is 14.3. The number of rotatable bonds is 4. The molecule has 0 saturated heterocycles. The highest BCUT2D eigenvalue weighted by Gasteiger charge is 2.21. The molecular formula is C18H18FN5O2. The number of carbonyl (C=O) groups is 1. The normalized spacial score (nSPS) is 14.7. The van der Waals surface area contributed by atoms with Gasteiger partial charge in [-0.15, -0.1) is 0 Å². The summed E-state index contributed by atoms with van der Waals surface area (Å²) in [4.78, 5) is 21.1. The number of aromatic nitrogens is 4. The van der Waals surface area contributed by atoms with Crippen LogP contribution in [-0.2, 0) is 13.0 Å². The Morgan fingerprint density at radius 1 is 1.35 bits per heavy atom. The van der Waals surface area contributed by atoms with Crippen molar-refractivity contribution < 1.29 is 13.7 Å². The average molecular weight is 355 g/mol. The molecule has 0 fully saturated rings. The largest absolute Gasteiger partial charge is 0.339 e. The number of imidazole rings is 1. The number of carbonyl (C=O) groups excluding carboxylic acids is 1. The summed E-state index contributed by atoms with van der Waals surface area (Å²) < 4.78 is 20.6. The van der Waals surface area contributed by atoms with Gasteiger partial charge >= 0.3 is 0 Å². The molecule has 0 bridgehead atoms. The number of halogens is 1. The van der Waals surface area contributed by atoms with Crippen LogP contribution in [0.25, 0.3) is 11.4 Å². The second-order valence-electron chi connectivity index (χ2n) is 6.35. The molecule has 1 amide bonds. The van der Waals surface area contributed by atoms with Crippen LogP contribution < -0.4 is 5.32 Å². The fraction of sp³-hybridized carbons (Fsp3) is 0.333. The molecule has 1 unspecified atom stereocenters. The lowest BCUT2D eigenvalue weighted by atomic mass is 10.2. The number of hydrogen-bond acceptors (Lipinski definition) is 5. The zero-order valence-corrected chi connectivity index (χ0v) is 14.3. The number of aryl methyl sites for hydroxylation is 2. The van der Waals surface area contributed by atoms with Crippen molar-refractivity contribution in [1.82, 2.24) is 25.0 Å². The van der Waals surface area contributed by atoms with E-state index >= 15 is 0 Å². The monoisotopic (exact) mass is 355 g/mol. The van der Waals surface area contributed by atoms with Gasteiger partial charge in [-0.25, -0.2) is 9.37 Å². The lowest BCUT2D eigenvalue weighted by molar-refractivity contribution is 0.0927. The van der Waals surface area contributed by atoms with Crippen LogP contribution in [0.3, 0.4) is 0 Å². The van der Waals surface area contributed by atoms with Gasteiger partial charge < -0.3 is 14.4 Å². The summed E-state index contributed by atoms with van der Waals surface area (Å²) in [7, 11) is 0. The van der Waals surface area contributed by atoms with E-state index in [1.165, 1.54) is 12.1 Å². The molecule has 4 rings (SSSR count). The van der Waals surface area contributed by atoms with E-state index in [4.69, 9.17) is 4.52 Å². The SMILES string of the molecule is CC(NC(=O)c1cn2c(n1)CCCC2)c1nc(-c2cccc(F)c2)no1. The minimum Gasteiger partial charge on any atom is -0.339 e. The van der Waals surface area contributed by atoms with Gasteiger partial charge in [0.05, 0.1) is 0 Å². The first kappa shape index (κ1) is 16.4. The molecule has 0 aliphatic carbocycles. The highest BCUT2D eigenvalue weighted by molar-refractivity contribution is 5.92. The van der Waals surface area contributed by atoms with Crippen LogP contribution in [-0.4, -0.2) is 25.6 Å². The maximum absolute atomic E-state index is 13.3. The number of hydrogen-bond donors (Lipinski definition) is 1. The Morgan fingerprint density at radius 3 is 3.04 bits per heavy atom. The molecule has 26 heavy (non-hydrogen) atoms. The molecule has 3 heterocycles. The van der Waals surface area contributed by atoms with Crippen molar-refractivity contribution in [1.29, 1.82) is 0 Å². The van der Waals surface area contributed by atoms with E-state index in [0.29, 0.717) is 11.3 Å². The van der Waals surface area contributed by atoms with E-state index in [1.54, 1.807) is 25.3 Å². The summed E-state index contributed by atoms with van der Waals surface area (Å²) >= 11 is 0. The number of nitrogens with one attached hydrogen (secondary N) is 1. The lowest BCUT2D eigenvalue weighted by Crippen LogP contribution is -2.27. The molecular weight excluding hydrogens is 337 g/mol. The van der Waals surface area contributed by atoms with Crippen molar-refractivity contribution in [2.45, 2.75) is 38.8 Å². The number of fused-ring (bicyclic) bond motifs is 1. The van der Waals surface area contributed by atoms with Gasteiger partial charge in [0, 0.05) is 24.7 Å². The third kappa shape index (κ3) is 3.22. The molecule has 8 heteroatoms. The highest BCUT2D eigenvalue weighted by atomic mass is 19.1. The van der Waals surface area contributed by atoms with E-state index in [0.717, 1.165) is 31.6 Å². The zero-order chi connectivity index (χ0) is 18.1. The first-order chi connectivity index (χ1) is 12.6. The Hall–Kier alpha value is -3.03. The van der Waals surface area contributed by atoms with Gasteiger partial charge in [0.25, 0.3) is 5.91 Å². The summed E-state index contributed by atoms with van der Waals surface area (Å²) in [6, 6.07) is 5.45. The summed E-state index contributed by atoms with van der Waals surface area (Å²) in [5.74, 6) is 0.809. The van der Waals surface area contributed by atoms with Crippen LogP contribution >= 0.6 is 0 Å². The number of amides is 1. The van der Waals surface area contributed by atoms with Gasteiger partial charge in [-0.3, -0.25) is 4.79 Å². The fourth-order valence-corrected chi connectivity index (χ4v) is 3.01. The van der Waals surface area contributed by atoms with Crippen molar-refractivity contribution in [3.05, 3.63) is 53.7 Å². The van der Waals surface area contributed by atoms with E-state index < -0.39 is 6.04 Å². The molecule has 1 aliphatic rings. The van der Waals surface area contributed by atoms with E-state index in [-0.39, 0.29) is 23.4 Å². The van der Waals surface area contributed by atoms with Crippen molar-refractivity contribution in [2.24, 2.45) is 0 Å². The Labute approximate surface area is 149 Å². The van der Waals surface area contributed by atoms with Crippen molar-refractivity contribution in [3.8, 4) is 11.4 Å². The van der Waals surface area contributed by atoms with Crippen molar-refractivity contribution in [2.75, 3.05) is 0 Å². The van der Waals surface area contributed by atoms with Crippen LogP contribution in [0, 0.1) is 5.82 Å². The summed E-state index contributed by atoms with van der Waals surface area (Å²) in [5, 5.41) is 6.67. The first-order valence-electron chi connectivity index (χ1n) is 8.56. The minimum atomic E-state index is -0.490. The molecule has 3 aromatic rings. The average Bonchev–Trinajstić information content (AvgIpc) is 3.29. The van der Waals surface area contributed by atoms with Gasteiger partial charge in [0.1, 0.15) is 23.4 Å². The molecule has 7 nitrogen and oxygen atoms in total. The quantitative estimate of drug-likeness (QED) is 0.778. The van der Waals surface area contributed by atoms with E-state index in [2.05, 4.69) is 20.4 Å². The number of benzene rings is 1. The van der Waals surface area contributed by atoms with Gasteiger partial charge in [-0.1, -0.05) is 17.3 Å². The Balaban J connectivity index is 1.47. The van der Waals surface area contributed by atoms with Crippen LogP contribution in [0.15, 0.2) is 35.0 Å². The molecule has 1 N–H and O–H groups in total. The smallest absolute Gasteiger partial charge is 0.272 e. The summed E-state index contributed by atoms with van der Waals surface area (Å²) in [6.45, 7) is 2.64. The number of nitrogens with zero attached hydrogens (tertiary/aromatic N) is 4. The maximum Gasteiger partial charge on any atom is 0.272 e. The fourth-order valence-electron chi connectivity index (χ4n) is 3.01. The van der Waals surface area contributed by atoms with Crippen molar-refractivity contribution >= 4 is 5.91 Å². The Kier molecular flexibility index (Phi) is 4.24. The maximum atomic E-state index is 13.3.